The average Bonchev–Trinajstić information content (AvgIpc) is 3.38. The third-order valence-corrected chi connectivity index (χ3v) is 8.60. The van der Waals surface area contributed by atoms with Crippen LogP contribution in [0.1, 0.15) is 37.9 Å². The van der Waals surface area contributed by atoms with Crippen LogP contribution >= 0.6 is 11.3 Å². The van der Waals surface area contributed by atoms with E-state index in [2.05, 4.69) is 71.2 Å². The van der Waals surface area contributed by atoms with Crippen molar-refractivity contribution < 1.29 is 4.74 Å². The number of nitrogens with zero attached hydrogens (tertiary/aromatic N) is 4. The summed E-state index contributed by atoms with van der Waals surface area (Å²) in [5, 5.41) is 5.42. The van der Waals surface area contributed by atoms with E-state index >= 15 is 0 Å². The fraction of sp³-hybridized carbons (Fsp3) is 0.419. The maximum absolute atomic E-state index is 6.83. The molecule has 1 unspecified atom stereocenters. The van der Waals surface area contributed by atoms with Gasteiger partial charge in [-0.25, -0.2) is 4.98 Å². The molecule has 0 saturated carbocycles. The van der Waals surface area contributed by atoms with Crippen molar-refractivity contribution in [1.29, 1.82) is 0 Å². The van der Waals surface area contributed by atoms with Gasteiger partial charge in [0.25, 0.3) is 0 Å². The van der Waals surface area contributed by atoms with E-state index in [1.165, 1.54) is 0 Å². The van der Waals surface area contributed by atoms with E-state index in [-0.39, 0.29) is 0 Å². The van der Waals surface area contributed by atoms with Gasteiger partial charge in [0.1, 0.15) is 11.4 Å². The summed E-state index contributed by atoms with van der Waals surface area (Å²) in [6, 6.07) is 14.6. The second-order valence-corrected chi connectivity index (χ2v) is 11.6. The van der Waals surface area contributed by atoms with Crippen molar-refractivity contribution in [2.75, 3.05) is 39.3 Å². The van der Waals surface area contributed by atoms with Crippen LogP contribution in [0.3, 0.4) is 0 Å². The quantitative estimate of drug-likeness (QED) is 0.364. The molecule has 0 spiro atoms. The van der Waals surface area contributed by atoms with Crippen LogP contribution in [0.5, 0.6) is 10.8 Å². The normalized spacial score (nSPS) is 20.3. The molecule has 1 aliphatic carbocycles. The van der Waals surface area contributed by atoms with Crippen LogP contribution < -0.4 is 15.8 Å². The molecule has 3 N–H and O–H groups in total. The van der Waals surface area contributed by atoms with Gasteiger partial charge in [-0.05, 0) is 38.8 Å². The number of hydrogen-bond donors (Lipinski definition) is 2. The highest BCUT2D eigenvalue weighted by Crippen LogP contribution is 2.39. The minimum atomic E-state index is -0.678. The molecule has 8 heteroatoms. The van der Waals surface area contributed by atoms with Gasteiger partial charge in [-0.2, -0.15) is 0 Å². The summed E-state index contributed by atoms with van der Waals surface area (Å²) >= 11 is 1.59. The molecule has 206 valence electrons. The van der Waals surface area contributed by atoms with E-state index < -0.39 is 5.54 Å². The Labute approximate surface area is 236 Å². The third kappa shape index (κ3) is 6.76. The fourth-order valence-corrected chi connectivity index (χ4v) is 5.91. The topological polar surface area (TPSA) is 79.5 Å². The lowest BCUT2D eigenvalue weighted by atomic mass is 9.87. The molecule has 0 amide bonds. The van der Waals surface area contributed by atoms with Gasteiger partial charge in [0.15, 0.2) is 0 Å². The standard InChI is InChI=1S/C31H40N6OS/c1-4-28-35-29(24-8-6-5-7-9-24)30(39-28)38-26-12-15-34-27(22-26)31(32)13-10-25(11-14-31)33-16-17-36-18-20-37(21-19-36)23(2)3/h5-13,15,22-23,33H,4,14,16-21,32H2,1-3H3. The third-order valence-electron chi connectivity index (χ3n) is 7.52. The lowest BCUT2D eigenvalue weighted by molar-refractivity contribution is 0.110. The number of rotatable bonds is 10. The average molecular weight is 545 g/mol. The van der Waals surface area contributed by atoms with Crippen molar-refractivity contribution >= 4 is 11.3 Å². The number of hydrogen-bond acceptors (Lipinski definition) is 8. The molecule has 39 heavy (non-hydrogen) atoms. The summed E-state index contributed by atoms with van der Waals surface area (Å²) in [7, 11) is 0. The number of piperazine rings is 1. The summed E-state index contributed by atoms with van der Waals surface area (Å²) < 4.78 is 6.38. The van der Waals surface area contributed by atoms with Gasteiger partial charge in [-0.3, -0.25) is 14.8 Å². The number of thiazole rings is 1. The minimum absolute atomic E-state index is 0.634. The van der Waals surface area contributed by atoms with Crippen molar-refractivity contribution in [1.82, 2.24) is 25.1 Å². The van der Waals surface area contributed by atoms with Gasteiger partial charge < -0.3 is 15.8 Å². The first kappa shape index (κ1) is 27.5. The number of benzene rings is 1. The second-order valence-electron chi connectivity index (χ2n) is 10.6. The van der Waals surface area contributed by atoms with Gasteiger partial charge in [0.2, 0.25) is 5.06 Å². The maximum atomic E-state index is 6.83. The molecule has 3 aromatic rings. The van der Waals surface area contributed by atoms with Gasteiger partial charge in [-0.15, -0.1) is 0 Å². The monoisotopic (exact) mass is 544 g/mol. The molecule has 0 radical (unpaired) electrons. The molecule has 1 aromatic carbocycles. The zero-order chi connectivity index (χ0) is 27.2. The van der Waals surface area contributed by atoms with Crippen molar-refractivity contribution in [3.63, 3.8) is 0 Å². The van der Waals surface area contributed by atoms with Crippen LogP contribution in [-0.4, -0.2) is 65.1 Å². The Hall–Kier alpha value is -3.04. The van der Waals surface area contributed by atoms with Crippen molar-refractivity contribution in [2.45, 2.75) is 45.2 Å². The number of allylic oxidation sites excluding steroid dienone is 1. The molecule has 1 fully saturated rings. The molecule has 2 aromatic heterocycles. The summed E-state index contributed by atoms with van der Waals surface area (Å²) in [6.45, 7) is 13.2. The minimum Gasteiger partial charge on any atom is -0.444 e. The predicted octanol–water partition coefficient (Wildman–Crippen LogP) is 5.17. The Morgan fingerprint density at radius 3 is 2.62 bits per heavy atom. The number of aromatic nitrogens is 2. The smallest absolute Gasteiger partial charge is 0.208 e. The largest absolute Gasteiger partial charge is 0.444 e. The van der Waals surface area contributed by atoms with E-state index in [0.29, 0.717) is 18.2 Å². The van der Waals surface area contributed by atoms with Crippen LogP contribution in [0.15, 0.2) is 72.6 Å². The zero-order valence-electron chi connectivity index (χ0n) is 23.3. The van der Waals surface area contributed by atoms with Crippen LogP contribution in [-0.2, 0) is 12.0 Å². The maximum Gasteiger partial charge on any atom is 0.208 e. The highest BCUT2D eigenvalue weighted by molar-refractivity contribution is 7.14. The molecule has 3 heterocycles. The molecular formula is C31H40N6OS. The Balaban J connectivity index is 1.19. The van der Waals surface area contributed by atoms with Crippen molar-refractivity contribution in [3.8, 4) is 22.1 Å². The summed E-state index contributed by atoms with van der Waals surface area (Å²) in [5.41, 5.74) is 9.98. The van der Waals surface area contributed by atoms with Gasteiger partial charge in [-0.1, -0.05) is 60.7 Å². The Morgan fingerprint density at radius 1 is 1.13 bits per heavy atom. The molecular weight excluding hydrogens is 504 g/mol. The molecule has 1 saturated heterocycles. The van der Waals surface area contributed by atoms with Gasteiger partial charge >= 0.3 is 0 Å². The molecule has 2 aliphatic rings. The van der Waals surface area contributed by atoms with Crippen molar-refractivity contribution in [3.05, 3.63) is 83.3 Å². The highest BCUT2D eigenvalue weighted by Gasteiger charge is 2.28. The van der Waals surface area contributed by atoms with E-state index in [0.717, 1.165) is 78.4 Å². The van der Waals surface area contributed by atoms with Gasteiger partial charge in [0, 0.05) is 68.8 Å². The first-order valence-corrected chi connectivity index (χ1v) is 14.8. The van der Waals surface area contributed by atoms with Crippen LogP contribution in [0, 0.1) is 0 Å². The number of nitrogens with two attached hydrogens (primary N) is 1. The predicted molar refractivity (Wildman–Crippen MR) is 160 cm³/mol. The first-order valence-electron chi connectivity index (χ1n) is 14.0. The number of ether oxygens (including phenoxy) is 1. The molecule has 1 atom stereocenters. The van der Waals surface area contributed by atoms with Crippen LogP contribution in [0.4, 0.5) is 0 Å². The van der Waals surface area contributed by atoms with E-state index in [1.54, 1.807) is 17.5 Å². The van der Waals surface area contributed by atoms with E-state index in [1.807, 2.05) is 30.3 Å². The summed E-state index contributed by atoms with van der Waals surface area (Å²) in [4.78, 5) is 14.5. The highest BCUT2D eigenvalue weighted by atomic mass is 32.1. The molecule has 5 rings (SSSR count). The van der Waals surface area contributed by atoms with E-state index in [9.17, 15) is 0 Å². The Kier molecular flexibility index (Phi) is 8.77. The van der Waals surface area contributed by atoms with Crippen LogP contribution in [0.25, 0.3) is 11.3 Å². The second kappa shape index (κ2) is 12.4. The SMILES string of the molecule is CCc1nc(-c2ccccc2)c(Oc2ccnc(C3(N)C=CC(NCCN4CCN(C(C)C)CC4)=CC3)c2)s1. The number of pyridine rings is 1. The molecule has 1 aliphatic heterocycles. The van der Waals surface area contributed by atoms with Crippen LogP contribution in [0.2, 0.25) is 0 Å². The fourth-order valence-electron chi connectivity index (χ4n) is 5.02. The zero-order valence-corrected chi connectivity index (χ0v) is 24.1. The Morgan fingerprint density at radius 2 is 1.92 bits per heavy atom. The molecule has 7 nitrogen and oxygen atoms in total. The first-order chi connectivity index (χ1) is 18.9. The van der Waals surface area contributed by atoms with Crippen molar-refractivity contribution in [2.24, 2.45) is 5.73 Å². The molecule has 0 bridgehead atoms. The van der Waals surface area contributed by atoms with E-state index in [4.69, 9.17) is 15.5 Å². The summed E-state index contributed by atoms with van der Waals surface area (Å²) in [6.07, 6.45) is 9.62. The number of nitrogens with one attached hydrogen (secondary N) is 1. The van der Waals surface area contributed by atoms with Gasteiger partial charge in [0.05, 0.1) is 16.2 Å². The Bertz CT molecular complexity index is 1300. The number of aryl methyl sites for hydroxylation is 1. The lowest BCUT2D eigenvalue weighted by Crippen LogP contribution is -2.50. The lowest BCUT2D eigenvalue weighted by Gasteiger charge is -2.37. The summed E-state index contributed by atoms with van der Waals surface area (Å²) in [5.74, 6) is 0.715.